The number of methoxy groups -OCH3 is 1. The number of hydrogen-bond donors (Lipinski definition) is 2. The van der Waals surface area contributed by atoms with E-state index in [4.69, 9.17) is 29.5 Å². The fourth-order valence-electron chi connectivity index (χ4n) is 4.56. The summed E-state index contributed by atoms with van der Waals surface area (Å²) in [4.78, 5) is 24.6. The lowest BCUT2D eigenvalue weighted by Gasteiger charge is -2.33. The number of ketones is 1. The van der Waals surface area contributed by atoms with Gasteiger partial charge < -0.3 is 24.2 Å². The van der Waals surface area contributed by atoms with Crippen LogP contribution in [0.1, 0.15) is 56.0 Å². The van der Waals surface area contributed by atoms with Crippen molar-refractivity contribution < 1.29 is 42.1 Å². The van der Waals surface area contributed by atoms with Gasteiger partial charge in [-0.3, -0.25) is 10.2 Å². The molecule has 1 aliphatic carbocycles. The first-order valence-electron chi connectivity index (χ1n) is 13.8. The normalized spacial score (nSPS) is 15.8. The maximum absolute atomic E-state index is 13.5. The van der Waals surface area contributed by atoms with E-state index in [0.717, 1.165) is 42.9 Å². The third-order valence-electron chi connectivity index (χ3n) is 7.09. The molecule has 2 fully saturated rings. The molecule has 0 amide bonds. The second-order valence-electron chi connectivity index (χ2n) is 11.2. The van der Waals surface area contributed by atoms with Crippen molar-refractivity contribution in [2.24, 2.45) is 0 Å². The number of rotatable bonds is 7. The van der Waals surface area contributed by atoms with E-state index in [1.807, 2.05) is 12.1 Å². The zero-order valence-electron chi connectivity index (χ0n) is 24.4. The van der Waals surface area contributed by atoms with Crippen molar-refractivity contribution in [3.8, 4) is 11.6 Å². The highest BCUT2D eigenvalue weighted by Crippen LogP contribution is 2.40. The number of nitrogens with zero attached hydrogens (tertiary/aromatic N) is 5. The minimum atomic E-state index is -5.08. The highest BCUT2D eigenvalue weighted by molar-refractivity contribution is 5.97. The van der Waals surface area contributed by atoms with Crippen LogP contribution in [0, 0.1) is 5.41 Å². The molecule has 0 atom stereocenters. The maximum Gasteiger partial charge on any atom is 0.490 e. The number of hydrogen-bond acceptors (Lipinski definition) is 9. The number of carbonyl (C=O) groups excluding carboxylic acids is 1. The SMILES string of the molecule is COc1c(N2CCOCC2)cc(C(=O)Cn2nc3ccc(OC4CCC4)nn3c2=N)cc1C(C)(C)C.O=C(O)C(F)(F)F. The Morgan fingerprint density at radius 2 is 1.77 bits per heavy atom. The van der Waals surface area contributed by atoms with E-state index in [2.05, 4.69) is 35.9 Å². The number of carbonyl (C=O) groups is 2. The number of ether oxygens (including phenoxy) is 3. The van der Waals surface area contributed by atoms with Gasteiger partial charge in [0.1, 0.15) is 18.4 Å². The third kappa shape index (κ3) is 7.45. The average molecular weight is 609 g/mol. The fourth-order valence-corrected chi connectivity index (χ4v) is 4.56. The van der Waals surface area contributed by atoms with Crippen LogP contribution in [-0.4, -0.2) is 81.9 Å². The molecule has 3 aromatic rings. The number of fused-ring (bicyclic) bond motifs is 1. The summed E-state index contributed by atoms with van der Waals surface area (Å²) in [6, 6.07) is 7.33. The van der Waals surface area contributed by atoms with Crippen LogP contribution < -0.4 is 20.0 Å². The standard InChI is InChI=1S/C26H34N6O4.C2HF3O2/c1-26(2,3)19-14-17(15-20(24(19)34-4)30-10-12-35-13-11-30)21(33)16-31-25(27)32-22(28-31)8-9-23(29-32)36-18-6-5-7-18;3-2(4,5)1(6)7/h8-9,14-15,18,27H,5-7,10-13,16H2,1-4H3;(H,6,7). The van der Waals surface area contributed by atoms with Crippen molar-refractivity contribution in [1.82, 2.24) is 19.4 Å². The lowest BCUT2D eigenvalue weighted by atomic mass is 9.84. The second kappa shape index (κ2) is 12.6. The van der Waals surface area contributed by atoms with E-state index < -0.39 is 12.1 Å². The number of carboxylic acids is 1. The number of benzene rings is 1. The molecule has 2 N–H and O–H groups in total. The van der Waals surface area contributed by atoms with Gasteiger partial charge >= 0.3 is 12.1 Å². The van der Waals surface area contributed by atoms with Crippen LogP contribution in [0.4, 0.5) is 18.9 Å². The predicted molar refractivity (Wildman–Crippen MR) is 148 cm³/mol. The zero-order chi connectivity index (χ0) is 31.5. The number of Topliss-reactive ketones (excluding diaryl/α,β-unsaturated/α-hetero) is 1. The largest absolute Gasteiger partial charge is 0.494 e. The van der Waals surface area contributed by atoms with Gasteiger partial charge in [0.25, 0.3) is 0 Å². The van der Waals surface area contributed by atoms with E-state index in [9.17, 15) is 18.0 Å². The molecule has 234 valence electrons. The van der Waals surface area contributed by atoms with Crippen molar-refractivity contribution in [2.75, 3.05) is 38.3 Å². The Bertz CT molecular complexity index is 1530. The number of nitrogens with one attached hydrogen (secondary N) is 1. The van der Waals surface area contributed by atoms with Gasteiger partial charge in [-0.25, -0.2) is 9.48 Å². The van der Waals surface area contributed by atoms with Crippen molar-refractivity contribution in [3.63, 3.8) is 0 Å². The number of aliphatic carboxylic acids is 1. The molecule has 3 heterocycles. The van der Waals surface area contributed by atoms with Gasteiger partial charge in [-0.2, -0.15) is 17.7 Å². The van der Waals surface area contributed by atoms with Gasteiger partial charge in [0.05, 0.1) is 26.0 Å². The first-order valence-corrected chi connectivity index (χ1v) is 13.8. The van der Waals surface area contributed by atoms with E-state index in [1.165, 1.54) is 15.6 Å². The predicted octanol–water partition coefficient (Wildman–Crippen LogP) is 3.60. The minimum absolute atomic E-state index is 0.0235. The molecule has 2 aromatic heterocycles. The Labute approximate surface area is 245 Å². The van der Waals surface area contributed by atoms with Gasteiger partial charge in [0, 0.05) is 30.3 Å². The van der Waals surface area contributed by atoms with Crippen molar-refractivity contribution in [1.29, 1.82) is 5.41 Å². The summed E-state index contributed by atoms with van der Waals surface area (Å²) in [5.41, 5.74) is 2.70. The molecular weight excluding hydrogens is 573 g/mol. The van der Waals surface area contributed by atoms with Crippen LogP contribution in [0.25, 0.3) is 5.65 Å². The molecule has 15 heteroatoms. The molecule has 0 bridgehead atoms. The minimum Gasteiger partial charge on any atom is -0.494 e. The zero-order valence-corrected chi connectivity index (χ0v) is 24.4. The monoisotopic (exact) mass is 608 g/mol. The first kappa shape index (κ1) is 31.8. The molecule has 0 spiro atoms. The van der Waals surface area contributed by atoms with Gasteiger partial charge in [0.2, 0.25) is 11.5 Å². The Balaban J connectivity index is 0.000000541. The Morgan fingerprint density at radius 1 is 1.12 bits per heavy atom. The Morgan fingerprint density at radius 3 is 2.30 bits per heavy atom. The summed E-state index contributed by atoms with van der Waals surface area (Å²) in [5.74, 6) is -1.64. The summed E-state index contributed by atoms with van der Waals surface area (Å²) >= 11 is 0. The van der Waals surface area contributed by atoms with Crippen LogP contribution in [0.15, 0.2) is 24.3 Å². The van der Waals surface area contributed by atoms with Crippen molar-refractivity contribution in [2.45, 2.75) is 64.3 Å². The molecule has 5 rings (SSSR count). The maximum atomic E-state index is 13.5. The summed E-state index contributed by atoms with van der Waals surface area (Å²) in [6.07, 6.45) is -1.68. The van der Waals surface area contributed by atoms with E-state index in [1.54, 1.807) is 19.2 Å². The van der Waals surface area contributed by atoms with E-state index in [0.29, 0.717) is 30.3 Å². The highest BCUT2D eigenvalue weighted by Gasteiger charge is 2.38. The van der Waals surface area contributed by atoms with Gasteiger partial charge in [-0.1, -0.05) is 20.8 Å². The molecule has 12 nitrogen and oxygen atoms in total. The third-order valence-corrected chi connectivity index (χ3v) is 7.09. The number of aromatic nitrogens is 4. The summed E-state index contributed by atoms with van der Waals surface area (Å²) in [5, 5.41) is 24.6. The fraction of sp³-hybridized carbons (Fsp3) is 0.536. The smallest absolute Gasteiger partial charge is 0.490 e. The molecule has 0 radical (unpaired) electrons. The van der Waals surface area contributed by atoms with Gasteiger partial charge in [0.15, 0.2) is 11.4 Å². The number of anilines is 1. The summed E-state index contributed by atoms with van der Waals surface area (Å²) in [7, 11) is 1.67. The number of halogens is 3. The quantitative estimate of drug-likeness (QED) is 0.385. The van der Waals surface area contributed by atoms with Gasteiger partial charge in [-0.05, 0) is 42.9 Å². The van der Waals surface area contributed by atoms with E-state index >= 15 is 0 Å². The molecule has 0 unspecified atom stereocenters. The lowest BCUT2D eigenvalue weighted by molar-refractivity contribution is -0.192. The Hall–Kier alpha value is -4.14. The van der Waals surface area contributed by atoms with Gasteiger partial charge in [-0.15, -0.1) is 10.2 Å². The molecule has 1 aromatic carbocycles. The second-order valence-corrected chi connectivity index (χ2v) is 11.2. The summed E-state index contributed by atoms with van der Waals surface area (Å²) < 4.78 is 51.8. The number of alkyl halides is 3. The molecule has 1 aliphatic heterocycles. The topological polar surface area (TPSA) is 144 Å². The van der Waals surface area contributed by atoms with Crippen LogP contribution in [0.3, 0.4) is 0 Å². The molecule has 1 saturated carbocycles. The molecular formula is C28H35F3N6O6. The van der Waals surface area contributed by atoms with Crippen molar-refractivity contribution >= 4 is 23.1 Å². The lowest BCUT2D eigenvalue weighted by Crippen LogP contribution is -2.37. The molecule has 2 aliphatic rings. The van der Waals surface area contributed by atoms with Crippen LogP contribution in [0.2, 0.25) is 0 Å². The van der Waals surface area contributed by atoms with Crippen molar-refractivity contribution in [3.05, 3.63) is 41.0 Å². The first-order chi connectivity index (χ1) is 20.2. The van der Waals surface area contributed by atoms with Crippen LogP contribution in [0.5, 0.6) is 11.6 Å². The molecule has 1 saturated heterocycles. The highest BCUT2D eigenvalue weighted by atomic mass is 19.4. The number of carboxylic acid groups (broad SMARTS) is 1. The van der Waals surface area contributed by atoms with Crippen LogP contribution in [-0.2, 0) is 21.5 Å². The van der Waals surface area contributed by atoms with E-state index in [-0.39, 0.29) is 29.5 Å². The summed E-state index contributed by atoms with van der Waals surface area (Å²) in [6.45, 7) is 8.97. The van der Waals surface area contributed by atoms with Crippen LogP contribution >= 0.6 is 0 Å². The average Bonchev–Trinajstić information content (AvgIpc) is 3.23. The molecule has 43 heavy (non-hydrogen) atoms. The number of morpholine rings is 1. The Kier molecular flexibility index (Phi) is 9.32.